The van der Waals surface area contributed by atoms with E-state index >= 15 is 0 Å². The van der Waals surface area contributed by atoms with Gasteiger partial charge in [0.25, 0.3) is 15.5 Å². The number of nitrogens with one attached hydrogen (secondary N) is 1. The monoisotopic (exact) mass is 1480 g/mol. The Kier molecular flexibility index (Phi) is 35.3. The predicted octanol–water partition coefficient (Wildman–Crippen LogP) is 3.95. The van der Waals surface area contributed by atoms with Crippen LogP contribution < -0.4 is 45.6 Å². The number of sulfonamides is 2. The zero-order chi connectivity index (χ0) is 64.6. The molecule has 0 aliphatic carbocycles. The molecule has 6 aliphatic rings. The number of hydrogen-bond donors (Lipinski definition) is 1. The fraction of sp³-hybridized carbons (Fsp3) is 0.648. The standard InChI is InChI=1S/C17H27BN2O4S.C12H24B2O4.C11H15BrN2O2S.C6H4BrClO2S.C5H12N2.CH2Cl2.CH2O3.CH4.Na/c1-16(2)17(3,4)24-18(23-16)14-6-8-15(9-7-14)25(21,22)20-12-10-19(5)11-13-20;1-9(2)10(3,4)16-13(15-9)14-17-11(5,6)12(7,8)18-14;1-13-6-8-14(9-7-13)17(15,16)11-4-2-10(12)3-5-11;7-5-1-3-6(4-2-5)11(8,9)10;1-7-4-2-6-3-5-7;2-1-3;2-1-4-3;;/h6-9H,10-13H2,1-5H3;1-8H3;2-5H,6-9H2,1H3;1-4H;6H,2-5H2,1H3;1H2;1,3H;1H4;/q;;;;;;;;+1/p-1. The Hall–Kier alpha value is -0.515. The molecule has 0 unspecified atom stereocenters. The molecule has 0 saturated carbocycles. The molecule has 488 valence electrons. The molecule has 0 atom stereocenters. The number of piperazine rings is 3. The van der Waals surface area contributed by atoms with Crippen LogP contribution in [0.15, 0.2) is 96.4 Å². The fourth-order valence-electron chi connectivity index (χ4n) is 8.11. The van der Waals surface area contributed by atoms with Gasteiger partial charge in [-0.2, -0.15) is 8.61 Å². The van der Waals surface area contributed by atoms with E-state index in [1.54, 1.807) is 69.3 Å². The minimum atomic E-state index is -3.57. The van der Waals surface area contributed by atoms with Crippen LogP contribution in [0.1, 0.15) is 90.5 Å². The Morgan fingerprint density at radius 2 is 0.770 bits per heavy atom. The van der Waals surface area contributed by atoms with Crippen LogP contribution in [-0.2, 0) is 66.7 Å². The molecule has 87 heavy (non-hydrogen) atoms. The Labute approximate surface area is 574 Å². The average Bonchev–Trinajstić information content (AvgIpc) is 1.80. The molecule has 6 aliphatic heterocycles. The van der Waals surface area contributed by atoms with Crippen molar-refractivity contribution in [2.24, 2.45) is 0 Å². The molecular weight excluding hydrogens is 1390 g/mol. The molecule has 6 fully saturated rings. The zero-order valence-corrected chi connectivity index (χ0v) is 62.3. The van der Waals surface area contributed by atoms with Crippen LogP contribution in [0.2, 0.25) is 0 Å². The van der Waals surface area contributed by atoms with Gasteiger partial charge in [-0.1, -0.05) is 51.4 Å². The summed E-state index contributed by atoms with van der Waals surface area (Å²) in [6.45, 7) is 34.0. The Morgan fingerprint density at radius 3 is 1.02 bits per heavy atom. The van der Waals surface area contributed by atoms with E-state index in [4.69, 9.17) is 71.9 Å². The number of likely N-dealkylation sites (N-methyl/N-ethyl adjacent to an activating group) is 3. The van der Waals surface area contributed by atoms with Gasteiger partial charge < -0.3 is 58.1 Å². The first kappa shape index (κ1) is 84.5. The van der Waals surface area contributed by atoms with E-state index < -0.39 is 61.4 Å². The normalized spacial score (nSPS) is 21.4. The van der Waals surface area contributed by atoms with Gasteiger partial charge in [0.15, 0.2) is 0 Å². The summed E-state index contributed by atoms with van der Waals surface area (Å²) in [5.74, 6) is 0. The third-order valence-corrected chi connectivity index (χ3v) is 21.9. The average molecular weight is 1480 g/mol. The predicted molar refractivity (Wildman–Crippen MR) is 349 cm³/mol. The van der Waals surface area contributed by atoms with Gasteiger partial charge in [0.1, 0.15) is 0 Å². The van der Waals surface area contributed by atoms with Crippen molar-refractivity contribution in [2.45, 2.75) is 139 Å². The number of halogens is 5. The molecule has 6 heterocycles. The van der Waals surface area contributed by atoms with Crippen LogP contribution in [0.5, 0.6) is 0 Å². The Morgan fingerprint density at radius 1 is 0.517 bits per heavy atom. The number of carbonyl (C=O) groups is 1. The second-order valence-corrected chi connectivity index (χ2v) is 32.6. The van der Waals surface area contributed by atoms with Gasteiger partial charge >= 0.3 is 50.7 Å². The van der Waals surface area contributed by atoms with Crippen molar-refractivity contribution < 1.29 is 97.7 Å². The SMILES string of the molecule is C.CC1(C)OB(B2OC(C)(C)C(C)(C)O2)OC1(C)C.CN1CCN(S(=O)(=O)c2ccc(B3OC(C)(C)C(C)(C)O3)cc2)CC1.CN1CCN(S(=O)(=O)c2ccc(Br)cc2)CC1.CN1CCNCC1.ClCCl.O=CO[O-].O=S(=O)(Cl)c1ccc(Br)cc1.[Na+]. The summed E-state index contributed by atoms with van der Waals surface area (Å²) in [6, 6.07) is 19.8. The van der Waals surface area contributed by atoms with Crippen molar-refractivity contribution in [3.8, 4) is 0 Å². The van der Waals surface area contributed by atoms with Crippen molar-refractivity contribution in [2.75, 3.05) is 105 Å². The Balaban J connectivity index is 0.000000548. The molecule has 9 rings (SSSR count). The molecule has 0 radical (unpaired) electrons. The first-order valence-electron chi connectivity index (χ1n) is 27.4. The number of carbonyl (C=O) groups excluding carboxylic acids is 1. The van der Waals surface area contributed by atoms with Gasteiger partial charge in [-0.3, -0.25) is 4.79 Å². The van der Waals surface area contributed by atoms with Crippen LogP contribution in [0, 0.1) is 0 Å². The zero-order valence-electron chi connectivity index (χ0n) is 52.4. The van der Waals surface area contributed by atoms with Crippen molar-refractivity contribution in [1.29, 1.82) is 0 Å². The van der Waals surface area contributed by atoms with E-state index in [2.05, 4.69) is 63.8 Å². The number of benzene rings is 3. The van der Waals surface area contributed by atoms with Crippen LogP contribution in [0.25, 0.3) is 0 Å². The minimum absolute atomic E-state index is 0. The van der Waals surface area contributed by atoms with E-state index in [0.29, 0.717) is 36.0 Å². The maximum atomic E-state index is 12.8. The topological polar surface area (TPSA) is 235 Å². The first-order chi connectivity index (χ1) is 39.1. The number of hydrogen-bond acceptors (Lipinski definition) is 19. The second kappa shape index (κ2) is 36.4. The molecule has 0 amide bonds. The van der Waals surface area contributed by atoms with Gasteiger partial charge in [0, 0.05) is 98.2 Å². The van der Waals surface area contributed by atoms with Gasteiger partial charge in [-0.05, 0) is 170 Å². The van der Waals surface area contributed by atoms with E-state index in [1.165, 1.54) is 25.2 Å². The third-order valence-electron chi connectivity index (χ3n) is 15.7. The van der Waals surface area contributed by atoms with E-state index in [1.807, 2.05) is 97.2 Å². The summed E-state index contributed by atoms with van der Waals surface area (Å²) >= 11 is 16.0. The molecular formula is C54H89B3Br2Cl3N6NaO15S3. The molecule has 21 nitrogen and oxygen atoms in total. The van der Waals surface area contributed by atoms with Crippen molar-refractivity contribution in [1.82, 2.24) is 28.6 Å². The second-order valence-electron chi connectivity index (χ2n) is 23.5. The minimum Gasteiger partial charge on any atom is -0.662 e. The molecule has 0 aromatic heterocycles. The smallest absolute Gasteiger partial charge is 0.662 e. The fourth-order valence-corrected chi connectivity index (χ4v) is 12.3. The molecule has 1 N–H and O–H groups in total. The van der Waals surface area contributed by atoms with Crippen molar-refractivity contribution in [3.05, 3.63) is 81.7 Å². The molecule has 0 bridgehead atoms. The van der Waals surface area contributed by atoms with Gasteiger partial charge in [0.05, 0.1) is 53.6 Å². The van der Waals surface area contributed by atoms with E-state index in [9.17, 15) is 25.3 Å². The Bertz CT molecular complexity index is 2800. The maximum Gasteiger partial charge on any atom is 1.00 e. The summed E-state index contributed by atoms with van der Waals surface area (Å²) in [7, 11) is -0.536. The summed E-state index contributed by atoms with van der Waals surface area (Å²) in [4.78, 5) is 18.6. The first-order valence-corrected chi connectivity index (χ1v) is 35.2. The van der Waals surface area contributed by atoms with Crippen LogP contribution >= 0.6 is 65.7 Å². The van der Waals surface area contributed by atoms with Gasteiger partial charge in [-0.15, -0.1) is 23.2 Å². The third kappa shape index (κ3) is 25.3. The van der Waals surface area contributed by atoms with Crippen molar-refractivity contribution in [3.63, 3.8) is 0 Å². The maximum absolute atomic E-state index is 12.8. The summed E-state index contributed by atoms with van der Waals surface area (Å²) in [5.41, 5.74) is -1.44. The number of rotatable bonds is 8. The van der Waals surface area contributed by atoms with Gasteiger partial charge in [0.2, 0.25) is 20.0 Å². The molecule has 33 heteroatoms. The van der Waals surface area contributed by atoms with Crippen molar-refractivity contribution >= 4 is 128 Å². The molecule has 3 aromatic rings. The van der Waals surface area contributed by atoms with Gasteiger partial charge in [-0.25, -0.2) is 25.3 Å². The van der Waals surface area contributed by atoms with Crippen LogP contribution in [0.4, 0.5) is 0 Å². The summed E-state index contributed by atoms with van der Waals surface area (Å²) in [5, 5.41) is 11.9. The molecule has 3 aromatic carbocycles. The molecule has 0 spiro atoms. The van der Waals surface area contributed by atoms with E-state index in [-0.39, 0.29) is 76.1 Å². The van der Waals surface area contributed by atoms with Crippen LogP contribution in [0.3, 0.4) is 0 Å². The largest absolute Gasteiger partial charge is 1.00 e. The van der Waals surface area contributed by atoms with Crippen LogP contribution in [-0.4, -0.2) is 215 Å². The summed E-state index contributed by atoms with van der Waals surface area (Å²) < 4.78 is 112. The number of alkyl halides is 2. The summed E-state index contributed by atoms with van der Waals surface area (Å²) in [6.07, 6.45) is 0. The molecule has 6 saturated heterocycles. The quantitative estimate of drug-likeness (QED) is 0.0840. The number of nitrogens with zero attached hydrogens (tertiary/aromatic N) is 5. The van der Waals surface area contributed by atoms with E-state index in [0.717, 1.165) is 53.7 Å².